The summed E-state index contributed by atoms with van der Waals surface area (Å²) in [5, 5.41) is 0. The molecule has 2 heteroatoms. The molecule has 86 valence electrons. The molecular weight excluding hydrogens is 174 g/mol. The van der Waals surface area contributed by atoms with Gasteiger partial charge in [-0.1, -0.05) is 40.7 Å². The molecule has 0 bridgehead atoms. The average molecular weight is 201 g/mol. The van der Waals surface area contributed by atoms with Crippen LogP contribution in [0.2, 0.25) is 0 Å². The van der Waals surface area contributed by atoms with E-state index >= 15 is 0 Å². The zero-order valence-corrected chi connectivity index (χ0v) is 10.9. The van der Waals surface area contributed by atoms with Crippen LogP contribution in [0.15, 0.2) is 12.2 Å². The largest absolute Gasteiger partial charge is 0.342 e. The maximum atomic E-state index is 11.0. The molecule has 0 N–H and O–H groups in total. The summed E-state index contributed by atoms with van der Waals surface area (Å²) in [6.45, 7) is 12.7. The molecule has 0 aliphatic heterocycles. The first-order chi connectivity index (χ1) is 6.72. The Morgan fingerprint density at radius 2 is 1.64 bits per heavy atom. The molecule has 0 saturated heterocycles. The van der Waals surface area contributed by atoms with Gasteiger partial charge in [-0.3, -0.25) is 4.79 Å². The summed E-state index contributed by atoms with van der Waals surface area (Å²) >= 11 is 0. The van der Waals surface area contributed by atoms with Crippen LogP contribution in [0.3, 0.4) is 0 Å². The van der Waals surface area contributed by atoms with Crippen molar-refractivity contribution in [2.75, 3.05) is 13.6 Å². The zero-order valence-electron chi connectivity index (χ0n) is 10.9. The van der Waals surface area contributed by atoms with Crippen LogP contribution in [0.1, 0.15) is 48.0 Å². The van der Waals surface area contributed by atoms with Gasteiger partial charge in [-0.05, 0) is 19.4 Å². The lowest BCUT2D eigenvalue weighted by Gasteiger charge is -2.12. The van der Waals surface area contributed by atoms with Crippen molar-refractivity contribution in [2.24, 2.45) is 0 Å². The van der Waals surface area contributed by atoms with Crippen LogP contribution in [0, 0.1) is 0 Å². The SMILES string of the molecule is CC.CC.CC=CC(=O)N(C)CCC. The molecule has 0 heterocycles. The van der Waals surface area contributed by atoms with Gasteiger partial charge in [-0.2, -0.15) is 0 Å². The van der Waals surface area contributed by atoms with E-state index in [0.717, 1.165) is 13.0 Å². The number of nitrogens with zero attached hydrogens (tertiary/aromatic N) is 1. The van der Waals surface area contributed by atoms with E-state index in [1.807, 2.05) is 41.7 Å². The van der Waals surface area contributed by atoms with E-state index in [9.17, 15) is 4.79 Å². The highest BCUT2D eigenvalue weighted by molar-refractivity contribution is 5.87. The maximum Gasteiger partial charge on any atom is 0.245 e. The highest BCUT2D eigenvalue weighted by atomic mass is 16.2. The van der Waals surface area contributed by atoms with Gasteiger partial charge in [0, 0.05) is 13.6 Å². The molecule has 0 spiro atoms. The third-order valence-electron chi connectivity index (χ3n) is 1.24. The van der Waals surface area contributed by atoms with Gasteiger partial charge < -0.3 is 4.90 Å². The summed E-state index contributed by atoms with van der Waals surface area (Å²) in [7, 11) is 1.81. The van der Waals surface area contributed by atoms with Gasteiger partial charge in [0.25, 0.3) is 0 Å². The number of hydrogen-bond acceptors (Lipinski definition) is 1. The van der Waals surface area contributed by atoms with Gasteiger partial charge >= 0.3 is 0 Å². The molecule has 0 aliphatic carbocycles. The monoisotopic (exact) mass is 201 g/mol. The Balaban J connectivity index is -0.000000266. The molecule has 0 aromatic carbocycles. The van der Waals surface area contributed by atoms with Gasteiger partial charge in [-0.15, -0.1) is 0 Å². The number of allylic oxidation sites excluding steroid dienone is 1. The number of carbonyl (C=O) groups is 1. The molecule has 0 aliphatic rings. The zero-order chi connectivity index (χ0) is 12.0. The van der Waals surface area contributed by atoms with E-state index < -0.39 is 0 Å². The Bertz CT molecular complexity index is 130. The maximum absolute atomic E-state index is 11.0. The number of carbonyl (C=O) groups excluding carboxylic acids is 1. The Hall–Kier alpha value is -0.790. The Kier molecular flexibility index (Phi) is 24.4. The second-order valence-corrected chi connectivity index (χ2v) is 2.26. The van der Waals surface area contributed by atoms with Crippen LogP contribution >= 0.6 is 0 Å². The Morgan fingerprint density at radius 3 is 1.93 bits per heavy atom. The van der Waals surface area contributed by atoms with Crippen LogP contribution in [0.5, 0.6) is 0 Å². The van der Waals surface area contributed by atoms with Gasteiger partial charge in [0.2, 0.25) is 5.91 Å². The quantitative estimate of drug-likeness (QED) is 0.640. The Labute approximate surface area is 90.0 Å². The highest BCUT2D eigenvalue weighted by Crippen LogP contribution is 1.88. The number of hydrogen-bond donors (Lipinski definition) is 0. The normalized spacial score (nSPS) is 8.21. The van der Waals surface area contributed by atoms with E-state index in [-0.39, 0.29) is 5.91 Å². The fourth-order valence-electron chi connectivity index (χ4n) is 0.715. The molecular formula is C12H27NO. The van der Waals surface area contributed by atoms with Crippen molar-refractivity contribution >= 4 is 5.91 Å². The second-order valence-electron chi connectivity index (χ2n) is 2.26. The minimum absolute atomic E-state index is 0.0874. The van der Waals surface area contributed by atoms with Crippen molar-refractivity contribution in [1.82, 2.24) is 4.90 Å². The molecule has 0 rings (SSSR count). The highest BCUT2D eigenvalue weighted by Gasteiger charge is 2.00. The minimum Gasteiger partial charge on any atom is -0.342 e. The van der Waals surface area contributed by atoms with Crippen molar-refractivity contribution in [2.45, 2.75) is 48.0 Å². The third-order valence-corrected chi connectivity index (χ3v) is 1.24. The van der Waals surface area contributed by atoms with Crippen LogP contribution in [-0.4, -0.2) is 24.4 Å². The smallest absolute Gasteiger partial charge is 0.245 e. The summed E-state index contributed by atoms with van der Waals surface area (Å²) in [5.74, 6) is 0.0874. The first-order valence-corrected chi connectivity index (χ1v) is 5.60. The molecule has 0 unspecified atom stereocenters. The molecule has 0 atom stereocenters. The lowest BCUT2D eigenvalue weighted by Crippen LogP contribution is -2.25. The van der Waals surface area contributed by atoms with Gasteiger partial charge in [0.1, 0.15) is 0 Å². The van der Waals surface area contributed by atoms with Crippen LogP contribution in [0.4, 0.5) is 0 Å². The fraction of sp³-hybridized carbons (Fsp3) is 0.750. The predicted molar refractivity (Wildman–Crippen MR) is 65.4 cm³/mol. The van der Waals surface area contributed by atoms with Crippen LogP contribution in [0.25, 0.3) is 0 Å². The number of rotatable bonds is 3. The van der Waals surface area contributed by atoms with Gasteiger partial charge in [0.05, 0.1) is 0 Å². The topological polar surface area (TPSA) is 20.3 Å². The van der Waals surface area contributed by atoms with Gasteiger partial charge in [-0.25, -0.2) is 0 Å². The van der Waals surface area contributed by atoms with E-state index in [0.29, 0.717) is 0 Å². The van der Waals surface area contributed by atoms with E-state index in [4.69, 9.17) is 0 Å². The third kappa shape index (κ3) is 13.8. The van der Waals surface area contributed by atoms with E-state index in [1.165, 1.54) is 0 Å². The van der Waals surface area contributed by atoms with Gasteiger partial charge in [0.15, 0.2) is 0 Å². The number of amides is 1. The molecule has 0 aromatic heterocycles. The van der Waals surface area contributed by atoms with Crippen molar-refractivity contribution in [3.05, 3.63) is 12.2 Å². The summed E-state index contributed by atoms with van der Waals surface area (Å²) in [6.07, 6.45) is 4.35. The summed E-state index contributed by atoms with van der Waals surface area (Å²) in [4.78, 5) is 12.7. The summed E-state index contributed by atoms with van der Waals surface area (Å²) in [6, 6.07) is 0. The molecule has 0 fully saturated rings. The van der Waals surface area contributed by atoms with E-state index in [2.05, 4.69) is 6.92 Å². The first kappa shape index (κ1) is 18.9. The van der Waals surface area contributed by atoms with Crippen LogP contribution < -0.4 is 0 Å². The predicted octanol–water partition coefficient (Wildman–Crippen LogP) is 3.48. The first-order valence-electron chi connectivity index (χ1n) is 5.60. The standard InChI is InChI=1S/C8H15NO.2C2H6/c1-4-6-8(10)9(3)7-5-2;2*1-2/h4,6H,5,7H2,1-3H3;2*1-2H3. The minimum atomic E-state index is 0.0874. The van der Waals surface area contributed by atoms with Crippen molar-refractivity contribution in [1.29, 1.82) is 0 Å². The van der Waals surface area contributed by atoms with E-state index in [1.54, 1.807) is 17.1 Å². The second kappa shape index (κ2) is 18.1. The number of likely N-dealkylation sites (N-methyl/N-ethyl adjacent to an activating group) is 1. The van der Waals surface area contributed by atoms with Crippen LogP contribution in [-0.2, 0) is 4.79 Å². The molecule has 0 saturated carbocycles. The lowest BCUT2D eigenvalue weighted by atomic mass is 10.4. The Morgan fingerprint density at radius 1 is 1.21 bits per heavy atom. The summed E-state index contributed by atoms with van der Waals surface area (Å²) in [5.41, 5.74) is 0. The molecule has 1 amide bonds. The lowest BCUT2D eigenvalue weighted by molar-refractivity contribution is -0.124. The summed E-state index contributed by atoms with van der Waals surface area (Å²) < 4.78 is 0. The molecule has 0 aromatic rings. The average Bonchev–Trinajstić information content (AvgIpc) is 2.24. The molecule has 14 heavy (non-hydrogen) atoms. The van der Waals surface area contributed by atoms with Crippen molar-refractivity contribution in [3.63, 3.8) is 0 Å². The van der Waals surface area contributed by atoms with Crippen molar-refractivity contribution in [3.8, 4) is 0 Å². The van der Waals surface area contributed by atoms with Crippen molar-refractivity contribution < 1.29 is 4.79 Å². The fourth-order valence-corrected chi connectivity index (χ4v) is 0.715. The molecule has 0 radical (unpaired) electrons. The molecule has 2 nitrogen and oxygen atoms in total.